The van der Waals surface area contributed by atoms with Gasteiger partial charge in [-0.25, -0.2) is 0 Å². The van der Waals surface area contributed by atoms with Crippen LogP contribution >= 0.6 is 0 Å². The van der Waals surface area contributed by atoms with Crippen molar-refractivity contribution in [2.75, 3.05) is 0 Å². The molecule has 0 radical (unpaired) electrons. The Hall–Kier alpha value is -5.08. The van der Waals surface area contributed by atoms with Gasteiger partial charge in [-0.1, -0.05) is 97.1 Å². The highest BCUT2D eigenvalue weighted by molar-refractivity contribution is 6.11. The van der Waals surface area contributed by atoms with Gasteiger partial charge in [-0.2, -0.15) is 0 Å². The number of benzene rings is 6. The van der Waals surface area contributed by atoms with Gasteiger partial charge in [-0.15, -0.1) is 0 Å². The van der Waals surface area contributed by atoms with E-state index in [4.69, 9.17) is 4.42 Å². The van der Waals surface area contributed by atoms with Crippen LogP contribution < -0.4 is 0 Å². The molecule has 0 bridgehead atoms. The first-order valence-electron chi connectivity index (χ1n) is 13.8. The molecule has 0 unspecified atom stereocenters. The van der Waals surface area contributed by atoms with Crippen LogP contribution in [0.1, 0.15) is 11.1 Å². The maximum absolute atomic E-state index is 6.02. The average molecular weight is 514 g/mol. The van der Waals surface area contributed by atoms with Crippen molar-refractivity contribution in [2.45, 2.75) is 13.8 Å². The zero-order chi connectivity index (χ0) is 26.8. The second kappa shape index (κ2) is 8.72. The van der Waals surface area contributed by atoms with Crippen molar-refractivity contribution in [1.29, 1.82) is 0 Å². The molecule has 190 valence electrons. The Balaban J connectivity index is 1.17. The van der Waals surface area contributed by atoms with Crippen molar-refractivity contribution >= 4 is 43.7 Å². The summed E-state index contributed by atoms with van der Waals surface area (Å²) in [6.45, 7) is 4.41. The van der Waals surface area contributed by atoms with Gasteiger partial charge >= 0.3 is 0 Å². The predicted octanol–water partition coefficient (Wildman–Crippen LogP) is 10.6. The van der Waals surface area contributed by atoms with E-state index in [9.17, 15) is 0 Å². The number of aromatic nitrogens is 1. The Morgan fingerprint density at radius 3 is 1.57 bits per heavy atom. The van der Waals surface area contributed by atoms with Crippen molar-refractivity contribution in [3.8, 4) is 27.9 Å². The first-order chi connectivity index (χ1) is 19.7. The van der Waals surface area contributed by atoms with Crippen LogP contribution in [0.15, 0.2) is 132 Å². The number of hydrogen-bond acceptors (Lipinski definition) is 1. The summed E-state index contributed by atoms with van der Waals surface area (Å²) in [7, 11) is 0. The van der Waals surface area contributed by atoms with E-state index in [1.807, 2.05) is 12.1 Å². The smallest absolute Gasteiger partial charge is 0.135 e. The van der Waals surface area contributed by atoms with Crippen LogP contribution in [-0.2, 0) is 0 Å². The van der Waals surface area contributed by atoms with Crippen LogP contribution in [0, 0.1) is 13.8 Å². The van der Waals surface area contributed by atoms with Gasteiger partial charge in [0.1, 0.15) is 11.2 Å². The maximum atomic E-state index is 6.02. The molecule has 0 spiro atoms. The third-order valence-electron chi connectivity index (χ3n) is 8.27. The van der Waals surface area contributed by atoms with E-state index in [0.29, 0.717) is 0 Å². The first-order valence-corrected chi connectivity index (χ1v) is 13.8. The fourth-order valence-corrected chi connectivity index (χ4v) is 6.28. The summed E-state index contributed by atoms with van der Waals surface area (Å²) in [4.78, 5) is 0. The summed E-state index contributed by atoms with van der Waals surface area (Å²) in [6.07, 6.45) is 0. The molecule has 0 aliphatic carbocycles. The molecular weight excluding hydrogens is 486 g/mol. The molecule has 2 aromatic heterocycles. The molecule has 40 heavy (non-hydrogen) atoms. The maximum Gasteiger partial charge on any atom is 0.135 e. The Morgan fingerprint density at radius 2 is 0.925 bits per heavy atom. The minimum Gasteiger partial charge on any atom is -0.456 e. The van der Waals surface area contributed by atoms with Crippen molar-refractivity contribution < 1.29 is 4.42 Å². The lowest BCUT2D eigenvalue weighted by Gasteiger charge is -2.12. The topological polar surface area (TPSA) is 18.1 Å². The lowest BCUT2D eigenvalue weighted by molar-refractivity contribution is 0.669. The Labute approximate surface area is 232 Å². The number of para-hydroxylation sites is 3. The van der Waals surface area contributed by atoms with Crippen LogP contribution in [-0.4, -0.2) is 4.57 Å². The molecule has 0 aliphatic heterocycles. The molecule has 0 amide bonds. The van der Waals surface area contributed by atoms with Gasteiger partial charge in [0.25, 0.3) is 0 Å². The quantitative estimate of drug-likeness (QED) is 0.230. The van der Waals surface area contributed by atoms with E-state index >= 15 is 0 Å². The molecule has 2 heteroatoms. The van der Waals surface area contributed by atoms with Crippen LogP contribution in [0.3, 0.4) is 0 Å². The molecule has 2 nitrogen and oxygen atoms in total. The lowest BCUT2D eigenvalue weighted by Crippen LogP contribution is -1.96. The van der Waals surface area contributed by atoms with E-state index in [-0.39, 0.29) is 0 Å². The zero-order valence-corrected chi connectivity index (χ0v) is 22.5. The van der Waals surface area contributed by atoms with Crippen LogP contribution in [0.4, 0.5) is 0 Å². The number of fused-ring (bicyclic) bond motifs is 6. The van der Waals surface area contributed by atoms with E-state index in [1.165, 1.54) is 60.9 Å². The monoisotopic (exact) mass is 513 g/mol. The second-order valence-electron chi connectivity index (χ2n) is 10.7. The summed E-state index contributed by atoms with van der Waals surface area (Å²) in [5.41, 5.74) is 13.0. The molecule has 0 fully saturated rings. The van der Waals surface area contributed by atoms with Crippen molar-refractivity contribution in [3.63, 3.8) is 0 Å². The van der Waals surface area contributed by atoms with Gasteiger partial charge in [-0.3, -0.25) is 0 Å². The van der Waals surface area contributed by atoms with Gasteiger partial charge in [-0.05, 0) is 77.6 Å². The normalized spacial score (nSPS) is 11.8. The SMILES string of the molecule is Cc1cccc2c3cccc(C)c3n(-c3ccc(-c4ccc(-c5ccc6oc7ccccc7c6c5)cc4)cc3)c12. The highest BCUT2D eigenvalue weighted by atomic mass is 16.3. The second-order valence-corrected chi connectivity index (χ2v) is 10.7. The molecule has 8 rings (SSSR count). The molecule has 6 aromatic carbocycles. The van der Waals surface area contributed by atoms with Gasteiger partial charge in [0.05, 0.1) is 11.0 Å². The summed E-state index contributed by atoms with van der Waals surface area (Å²) in [5, 5.41) is 4.92. The van der Waals surface area contributed by atoms with E-state index in [0.717, 1.165) is 21.9 Å². The summed E-state index contributed by atoms with van der Waals surface area (Å²) < 4.78 is 8.44. The largest absolute Gasteiger partial charge is 0.456 e. The fraction of sp³-hybridized carbons (Fsp3) is 0.0526. The van der Waals surface area contributed by atoms with E-state index < -0.39 is 0 Å². The molecule has 0 N–H and O–H groups in total. The Kier molecular flexibility index (Phi) is 4.99. The van der Waals surface area contributed by atoms with Gasteiger partial charge in [0.15, 0.2) is 0 Å². The fourth-order valence-electron chi connectivity index (χ4n) is 6.28. The number of aryl methyl sites for hydroxylation is 2. The van der Waals surface area contributed by atoms with E-state index in [2.05, 4.69) is 134 Å². The minimum atomic E-state index is 0.926. The summed E-state index contributed by atoms with van der Waals surface area (Å²) in [5.74, 6) is 0. The highest BCUT2D eigenvalue weighted by Crippen LogP contribution is 2.37. The standard InChI is InChI=1S/C38H27NO/c1-24-7-5-10-32-33-11-6-8-25(2)38(33)39(37(24)32)30-20-17-27(18-21-30)26-13-15-28(16-14-26)29-19-22-36-34(23-29)31-9-3-4-12-35(31)40-36/h3-23H,1-2H3. The van der Waals surface area contributed by atoms with E-state index in [1.54, 1.807) is 0 Å². The number of furan rings is 1. The third-order valence-corrected chi connectivity index (χ3v) is 8.27. The van der Waals surface area contributed by atoms with Gasteiger partial charge < -0.3 is 8.98 Å². The number of nitrogens with zero attached hydrogens (tertiary/aromatic N) is 1. The molecule has 0 aliphatic rings. The predicted molar refractivity (Wildman–Crippen MR) is 168 cm³/mol. The zero-order valence-electron chi connectivity index (χ0n) is 22.5. The van der Waals surface area contributed by atoms with Crippen LogP contribution in [0.25, 0.3) is 71.7 Å². The Bertz CT molecular complexity index is 2150. The molecular formula is C38H27NO. The molecule has 0 atom stereocenters. The number of hydrogen-bond donors (Lipinski definition) is 0. The van der Waals surface area contributed by atoms with Crippen molar-refractivity contribution in [1.82, 2.24) is 4.57 Å². The van der Waals surface area contributed by atoms with Gasteiger partial charge in [0.2, 0.25) is 0 Å². The molecule has 0 saturated heterocycles. The highest BCUT2D eigenvalue weighted by Gasteiger charge is 2.15. The first kappa shape index (κ1) is 22.9. The van der Waals surface area contributed by atoms with Crippen LogP contribution in [0.2, 0.25) is 0 Å². The minimum absolute atomic E-state index is 0.926. The van der Waals surface area contributed by atoms with Gasteiger partial charge in [0, 0.05) is 27.2 Å². The molecule has 0 saturated carbocycles. The van der Waals surface area contributed by atoms with Crippen molar-refractivity contribution in [2.24, 2.45) is 0 Å². The third kappa shape index (κ3) is 3.43. The lowest BCUT2D eigenvalue weighted by atomic mass is 9.99. The summed E-state index contributed by atoms with van der Waals surface area (Å²) >= 11 is 0. The summed E-state index contributed by atoms with van der Waals surface area (Å²) in [6, 6.07) is 45.7. The number of rotatable bonds is 3. The molecule has 2 heterocycles. The Morgan fingerprint density at radius 1 is 0.425 bits per heavy atom. The average Bonchev–Trinajstić information content (AvgIpc) is 3.55. The molecule has 8 aromatic rings. The van der Waals surface area contributed by atoms with Crippen LogP contribution in [0.5, 0.6) is 0 Å². The van der Waals surface area contributed by atoms with Crippen molar-refractivity contribution in [3.05, 3.63) is 139 Å².